The van der Waals surface area contributed by atoms with E-state index in [0.717, 1.165) is 17.5 Å². The lowest BCUT2D eigenvalue weighted by Crippen LogP contribution is -2.04. The number of aromatic nitrogens is 1. The van der Waals surface area contributed by atoms with Crippen molar-refractivity contribution in [3.63, 3.8) is 0 Å². The van der Waals surface area contributed by atoms with Crippen LogP contribution in [0.1, 0.15) is 16.1 Å². The van der Waals surface area contributed by atoms with E-state index >= 15 is 0 Å². The molecular weight excluding hydrogens is 257 g/mol. The quantitative estimate of drug-likeness (QED) is 0.725. The molecule has 0 saturated heterocycles. The molecule has 0 radical (unpaired) electrons. The second-order valence-electron chi connectivity index (χ2n) is 4.38. The Morgan fingerprint density at radius 2 is 1.85 bits per heavy atom. The number of carbonyl (C=O) groups is 1. The summed E-state index contributed by atoms with van der Waals surface area (Å²) in [5, 5.41) is 10.3. The summed E-state index contributed by atoms with van der Waals surface area (Å²) < 4.78 is 13.0. The van der Waals surface area contributed by atoms with Crippen LogP contribution in [0.15, 0.2) is 54.6 Å². The molecule has 1 N–H and O–H groups in total. The van der Waals surface area contributed by atoms with Crippen LogP contribution in [0.2, 0.25) is 0 Å². The Balaban J connectivity index is 2.05. The van der Waals surface area contributed by atoms with E-state index in [-0.39, 0.29) is 17.0 Å². The van der Waals surface area contributed by atoms with Gasteiger partial charge in [-0.05, 0) is 30.3 Å². The first-order valence-electron chi connectivity index (χ1n) is 6.04. The van der Waals surface area contributed by atoms with Crippen molar-refractivity contribution in [2.24, 2.45) is 0 Å². The summed E-state index contributed by atoms with van der Waals surface area (Å²) in [6.45, 7) is 0. The monoisotopic (exact) mass is 267 g/mol. The normalized spacial score (nSPS) is 10.7. The van der Waals surface area contributed by atoms with Crippen molar-refractivity contribution >= 4 is 16.7 Å². The Morgan fingerprint density at radius 1 is 1.05 bits per heavy atom. The lowest BCUT2D eigenvalue weighted by atomic mass is 10.1. The summed E-state index contributed by atoms with van der Waals surface area (Å²) in [5.41, 5.74) is 1.17. The second kappa shape index (κ2) is 4.74. The van der Waals surface area contributed by atoms with Gasteiger partial charge in [0.1, 0.15) is 5.69 Å². The SMILES string of the molecule is O=C(c1ccc(F)c(O)c1)c1ccc2ccccc2n1. The molecule has 0 aliphatic rings. The number of phenols is 1. The van der Waals surface area contributed by atoms with E-state index < -0.39 is 11.6 Å². The Hall–Kier alpha value is -2.75. The first kappa shape index (κ1) is 12.3. The zero-order valence-corrected chi connectivity index (χ0v) is 10.4. The molecule has 20 heavy (non-hydrogen) atoms. The molecular formula is C16H10FNO2. The van der Waals surface area contributed by atoms with Crippen molar-refractivity contribution < 1.29 is 14.3 Å². The molecule has 0 aliphatic heterocycles. The number of phenolic OH excluding ortho intramolecular Hbond substituents is 1. The van der Waals surface area contributed by atoms with Crippen LogP contribution in [0.3, 0.4) is 0 Å². The number of pyridine rings is 1. The van der Waals surface area contributed by atoms with E-state index in [0.29, 0.717) is 5.52 Å². The summed E-state index contributed by atoms with van der Waals surface area (Å²) in [4.78, 5) is 16.5. The van der Waals surface area contributed by atoms with Gasteiger partial charge in [-0.15, -0.1) is 0 Å². The average molecular weight is 267 g/mol. The smallest absolute Gasteiger partial charge is 0.211 e. The van der Waals surface area contributed by atoms with Crippen LogP contribution in [0.5, 0.6) is 5.75 Å². The van der Waals surface area contributed by atoms with Crippen LogP contribution in [-0.4, -0.2) is 15.9 Å². The fourth-order valence-electron chi connectivity index (χ4n) is 1.99. The number of rotatable bonds is 2. The van der Waals surface area contributed by atoms with E-state index in [9.17, 15) is 14.3 Å². The van der Waals surface area contributed by atoms with Gasteiger partial charge >= 0.3 is 0 Å². The van der Waals surface area contributed by atoms with Gasteiger partial charge in [0.15, 0.2) is 11.6 Å². The molecule has 0 fully saturated rings. The molecule has 0 amide bonds. The number of halogens is 1. The number of benzene rings is 2. The number of aromatic hydroxyl groups is 1. The third-order valence-corrected chi connectivity index (χ3v) is 3.04. The van der Waals surface area contributed by atoms with Crippen LogP contribution in [0, 0.1) is 5.82 Å². The fraction of sp³-hybridized carbons (Fsp3) is 0. The van der Waals surface area contributed by atoms with E-state index in [1.165, 1.54) is 6.07 Å². The Bertz CT molecular complexity index is 814. The maximum Gasteiger partial charge on any atom is 0.211 e. The minimum Gasteiger partial charge on any atom is -0.505 e. The summed E-state index contributed by atoms with van der Waals surface area (Å²) >= 11 is 0. The lowest BCUT2D eigenvalue weighted by Gasteiger charge is -2.03. The van der Waals surface area contributed by atoms with E-state index in [4.69, 9.17) is 0 Å². The highest BCUT2D eigenvalue weighted by atomic mass is 19.1. The topological polar surface area (TPSA) is 50.2 Å². The maximum absolute atomic E-state index is 13.0. The minimum absolute atomic E-state index is 0.201. The standard InChI is InChI=1S/C16H10FNO2/c17-12-7-5-11(9-15(12)19)16(20)14-8-6-10-3-1-2-4-13(10)18-14/h1-9,19H. The molecule has 0 unspecified atom stereocenters. The summed E-state index contributed by atoms with van der Waals surface area (Å²) in [7, 11) is 0. The predicted octanol–water partition coefficient (Wildman–Crippen LogP) is 3.31. The van der Waals surface area contributed by atoms with Gasteiger partial charge in [-0.2, -0.15) is 0 Å². The summed E-state index contributed by atoms with van der Waals surface area (Å²) in [5.74, 6) is -1.66. The third-order valence-electron chi connectivity index (χ3n) is 3.04. The lowest BCUT2D eigenvalue weighted by molar-refractivity contribution is 0.103. The van der Waals surface area contributed by atoms with Crippen LogP contribution >= 0.6 is 0 Å². The zero-order valence-electron chi connectivity index (χ0n) is 10.4. The van der Waals surface area contributed by atoms with Gasteiger partial charge in [0.2, 0.25) is 5.78 Å². The molecule has 0 atom stereocenters. The predicted molar refractivity (Wildman–Crippen MR) is 73.2 cm³/mol. The molecule has 0 aliphatic carbocycles. The summed E-state index contributed by atoms with van der Waals surface area (Å²) in [6.07, 6.45) is 0. The molecule has 3 rings (SSSR count). The van der Waals surface area contributed by atoms with E-state index in [1.54, 1.807) is 12.1 Å². The third kappa shape index (κ3) is 2.12. The van der Waals surface area contributed by atoms with Crippen LogP contribution in [-0.2, 0) is 0 Å². The molecule has 0 spiro atoms. The number of fused-ring (bicyclic) bond motifs is 1. The van der Waals surface area contributed by atoms with Gasteiger partial charge in [0, 0.05) is 10.9 Å². The first-order valence-corrected chi connectivity index (χ1v) is 6.04. The number of nitrogens with zero attached hydrogens (tertiary/aromatic N) is 1. The van der Waals surface area contributed by atoms with Crippen LogP contribution in [0.4, 0.5) is 4.39 Å². The maximum atomic E-state index is 13.0. The number of ketones is 1. The van der Waals surface area contributed by atoms with E-state index in [2.05, 4.69) is 4.98 Å². The minimum atomic E-state index is -0.756. The van der Waals surface area contributed by atoms with Gasteiger partial charge in [0.05, 0.1) is 5.52 Å². The Morgan fingerprint density at radius 3 is 2.65 bits per heavy atom. The zero-order chi connectivity index (χ0) is 14.1. The van der Waals surface area contributed by atoms with Crippen molar-refractivity contribution in [1.82, 2.24) is 4.98 Å². The van der Waals surface area contributed by atoms with Crippen molar-refractivity contribution in [1.29, 1.82) is 0 Å². The largest absolute Gasteiger partial charge is 0.505 e. The van der Waals surface area contributed by atoms with Crippen molar-refractivity contribution in [2.75, 3.05) is 0 Å². The molecule has 2 aromatic carbocycles. The number of para-hydroxylation sites is 1. The van der Waals surface area contributed by atoms with Crippen molar-refractivity contribution in [2.45, 2.75) is 0 Å². The van der Waals surface area contributed by atoms with Gasteiger partial charge in [-0.3, -0.25) is 4.79 Å². The highest BCUT2D eigenvalue weighted by Crippen LogP contribution is 2.20. The average Bonchev–Trinajstić information content (AvgIpc) is 2.49. The van der Waals surface area contributed by atoms with Crippen molar-refractivity contribution in [3.05, 3.63) is 71.7 Å². The van der Waals surface area contributed by atoms with Crippen LogP contribution < -0.4 is 0 Å². The molecule has 1 aromatic heterocycles. The second-order valence-corrected chi connectivity index (χ2v) is 4.38. The molecule has 98 valence electrons. The number of carbonyl (C=O) groups excluding carboxylic acids is 1. The number of hydrogen-bond donors (Lipinski definition) is 1. The molecule has 1 heterocycles. The highest BCUT2D eigenvalue weighted by molar-refractivity contribution is 6.08. The van der Waals surface area contributed by atoms with E-state index in [1.807, 2.05) is 24.3 Å². The first-order chi connectivity index (χ1) is 9.65. The van der Waals surface area contributed by atoms with Gasteiger partial charge < -0.3 is 5.11 Å². The number of hydrogen-bond acceptors (Lipinski definition) is 3. The van der Waals surface area contributed by atoms with Gasteiger partial charge in [0.25, 0.3) is 0 Å². The molecule has 0 saturated carbocycles. The molecule has 4 heteroatoms. The molecule has 3 aromatic rings. The Kier molecular flexibility index (Phi) is 2.91. The Labute approximate surface area is 114 Å². The van der Waals surface area contributed by atoms with Crippen molar-refractivity contribution in [3.8, 4) is 5.75 Å². The molecule has 3 nitrogen and oxygen atoms in total. The van der Waals surface area contributed by atoms with Gasteiger partial charge in [-0.25, -0.2) is 9.37 Å². The fourth-order valence-corrected chi connectivity index (χ4v) is 1.99. The molecule has 0 bridgehead atoms. The van der Waals surface area contributed by atoms with Crippen LogP contribution in [0.25, 0.3) is 10.9 Å². The highest BCUT2D eigenvalue weighted by Gasteiger charge is 2.13. The summed E-state index contributed by atoms with van der Waals surface area (Å²) in [6, 6.07) is 14.4. The van der Waals surface area contributed by atoms with Gasteiger partial charge in [-0.1, -0.05) is 24.3 Å².